The first-order chi connectivity index (χ1) is 11.2. The van der Waals surface area contributed by atoms with Crippen LogP contribution >= 0.6 is 0 Å². The third-order valence-corrected chi connectivity index (χ3v) is 4.32. The van der Waals surface area contributed by atoms with Gasteiger partial charge in [-0.3, -0.25) is 4.79 Å². The Morgan fingerprint density at radius 1 is 1.39 bits per heavy atom. The number of methoxy groups -OCH3 is 1. The molecule has 2 aliphatic heterocycles. The summed E-state index contributed by atoms with van der Waals surface area (Å²) < 4.78 is 16.2. The van der Waals surface area contributed by atoms with Crippen molar-refractivity contribution in [2.24, 2.45) is 0 Å². The highest BCUT2D eigenvalue weighted by atomic mass is 16.7. The van der Waals surface area contributed by atoms with Crippen molar-refractivity contribution < 1.29 is 19.0 Å². The number of hydrogen-bond acceptors (Lipinski definition) is 5. The number of benzene rings is 1. The van der Waals surface area contributed by atoms with E-state index in [9.17, 15) is 4.79 Å². The number of ether oxygens (including phenoxy) is 3. The Balaban J connectivity index is 1.63. The molecule has 0 bridgehead atoms. The number of fused-ring (bicyclic) bond motifs is 1. The molecule has 0 aliphatic carbocycles. The molecule has 0 spiro atoms. The fraction of sp³-hybridized carbons (Fsp3) is 0.588. The van der Waals surface area contributed by atoms with Crippen LogP contribution in [0.5, 0.6) is 17.2 Å². The predicted octanol–water partition coefficient (Wildman–Crippen LogP) is 1.61. The summed E-state index contributed by atoms with van der Waals surface area (Å²) in [5.41, 5.74) is 1.00. The van der Waals surface area contributed by atoms with E-state index in [1.165, 1.54) is 0 Å². The normalized spacial score (nSPS) is 20.9. The molecule has 0 radical (unpaired) electrons. The monoisotopic (exact) mass is 320 g/mol. The summed E-state index contributed by atoms with van der Waals surface area (Å²) in [7, 11) is 1.64. The van der Waals surface area contributed by atoms with E-state index in [2.05, 4.69) is 10.6 Å². The van der Waals surface area contributed by atoms with Crippen LogP contribution in [-0.2, 0) is 11.2 Å². The van der Waals surface area contributed by atoms with Gasteiger partial charge in [-0.05, 0) is 38.8 Å². The first-order valence-electron chi connectivity index (χ1n) is 8.17. The zero-order chi connectivity index (χ0) is 16.2. The average Bonchev–Trinajstić information content (AvgIpc) is 3.02. The molecular weight excluding hydrogens is 296 g/mol. The van der Waals surface area contributed by atoms with E-state index in [0.29, 0.717) is 12.2 Å². The lowest BCUT2D eigenvalue weighted by molar-refractivity contribution is -0.124. The molecule has 1 fully saturated rings. The van der Waals surface area contributed by atoms with Crippen molar-refractivity contribution in [1.29, 1.82) is 0 Å². The minimum absolute atomic E-state index is 0.0143. The highest BCUT2D eigenvalue weighted by Crippen LogP contribution is 2.38. The second kappa shape index (κ2) is 7.08. The minimum atomic E-state index is -0.0650. The number of carbonyl (C=O) groups is 1. The summed E-state index contributed by atoms with van der Waals surface area (Å²) >= 11 is 0. The van der Waals surface area contributed by atoms with Crippen molar-refractivity contribution in [3.63, 3.8) is 0 Å². The van der Waals surface area contributed by atoms with Crippen molar-refractivity contribution in [3.05, 3.63) is 17.7 Å². The Labute approximate surface area is 136 Å². The van der Waals surface area contributed by atoms with Crippen molar-refractivity contribution in [3.8, 4) is 17.2 Å². The van der Waals surface area contributed by atoms with Crippen molar-refractivity contribution in [2.45, 2.75) is 44.7 Å². The summed E-state index contributed by atoms with van der Waals surface area (Å²) in [6.45, 7) is 3.16. The third-order valence-electron chi connectivity index (χ3n) is 4.32. The first-order valence-corrected chi connectivity index (χ1v) is 8.17. The van der Waals surface area contributed by atoms with Crippen LogP contribution in [0.3, 0.4) is 0 Å². The fourth-order valence-corrected chi connectivity index (χ4v) is 3.11. The molecule has 3 rings (SSSR count). The number of carbonyl (C=O) groups excluding carboxylic acids is 1. The van der Waals surface area contributed by atoms with Gasteiger partial charge in [0.15, 0.2) is 11.5 Å². The van der Waals surface area contributed by atoms with Crippen molar-refractivity contribution in [1.82, 2.24) is 10.6 Å². The van der Waals surface area contributed by atoms with Crippen LogP contribution in [0.15, 0.2) is 12.1 Å². The molecule has 1 aromatic carbocycles. The molecule has 2 atom stereocenters. The molecule has 126 valence electrons. The number of amides is 1. The zero-order valence-corrected chi connectivity index (χ0v) is 13.7. The number of hydrogen-bond donors (Lipinski definition) is 2. The zero-order valence-electron chi connectivity index (χ0n) is 13.7. The van der Waals surface area contributed by atoms with Crippen LogP contribution in [-0.4, -0.2) is 38.4 Å². The van der Waals surface area contributed by atoms with Crippen molar-refractivity contribution in [2.75, 3.05) is 20.4 Å². The van der Waals surface area contributed by atoms with Gasteiger partial charge in [0.1, 0.15) is 5.75 Å². The Bertz CT molecular complexity index is 570. The molecule has 2 unspecified atom stereocenters. The third kappa shape index (κ3) is 3.69. The molecule has 2 N–H and O–H groups in total. The summed E-state index contributed by atoms with van der Waals surface area (Å²) in [5.74, 6) is 2.27. The maximum absolute atomic E-state index is 12.3. The van der Waals surface area contributed by atoms with Gasteiger partial charge in [-0.15, -0.1) is 0 Å². The highest BCUT2D eigenvalue weighted by molar-refractivity contribution is 5.82. The van der Waals surface area contributed by atoms with E-state index in [1.54, 1.807) is 7.11 Å². The van der Waals surface area contributed by atoms with Gasteiger partial charge in [-0.1, -0.05) is 6.42 Å². The summed E-state index contributed by atoms with van der Waals surface area (Å²) in [4.78, 5) is 12.3. The van der Waals surface area contributed by atoms with Crippen LogP contribution in [0, 0.1) is 0 Å². The van der Waals surface area contributed by atoms with E-state index >= 15 is 0 Å². The molecule has 2 heterocycles. The maximum Gasteiger partial charge on any atom is 0.237 e. The molecule has 1 saturated heterocycles. The highest BCUT2D eigenvalue weighted by Gasteiger charge is 2.23. The predicted molar refractivity (Wildman–Crippen MR) is 86.1 cm³/mol. The van der Waals surface area contributed by atoms with Crippen LogP contribution in [0.4, 0.5) is 0 Å². The summed E-state index contributed by atoms with van der Waals surface area (Å²) in [5, 5.41) is 6.36. The molecule has 6 nitrogen and oxygen atoms in total. The SMILES string of the molecule is COc1cc2c(cc1CC(C)NC(=O)C1CCCCN1)OCO2. The van der Waals surface area contributed by atoms with Gasteiger partial charge in [0.25, 0.3) is 0 Å². The Kier molecular flexibility index (Phi) is 4.91. The standard InChI is InChI=1S/C17H24N2O4/c1-11(19-17(20)13-5-3-4-6-18-13)7-12-8-15-16(23-10-22-15)9-14(12)21-2/h8-9,11,13,18H,3-7,10H2,1-2H3,(H,19,20). The van der Waals surface area contributed by atoms with Gasteiger partial charge in [0.05, 0.1) is 13.2 Å². The molecule has 1 amide bonds. The molecular formula is C17H24N2O4. The topological polar surface area (TPSA) is 68.8 Å². The lowest BCUT2D eigenvalue weighted by atomic mass is 10.0. The maximum atomic E-state index is 12.3. The van der Waals surface area contributed by atoms with Crippen LogP contribution in [0.1, 0.15) is 31.7 Å². The molecule has 6 heteroatoms. The quantitative estimate of drug-likeness (QED) is 0.863. The lowest BCUT2D eigenvalue weighted by Crippen LogP contribution is -2.49. The molecule has 0 saturated carbocycles. The Hall–Kier alpha value is -1.95. The van der Waals surface area contributed by atoms with E-state index in [1.807, 2.05) is 19.1 Å². The smallest absolute Gasteiger partial charge is 0.237 e. The molecule has 23 heavy (non-hydrogen) atoms. The van der Waals surface area contributed by atoms with Gasteiger partial charge in [-0.25, -0.2) is 0 Å². The first kappa shape index (κ1) is 15.9. The van der Waals surface area contributed by atoms with Gasteiger partial charge >= 0.3 is 0 Å². The second-order valence-corrected chi connectivity index (χ2v) is 6.13. The largest absolute Gasteiger partial charge is 0.496 e. The van der Waals surface area contributed by atoms with Gasteiger partial charge in [-0.2, -0.15) is 0 Å². The van der Waals surface area contributed by atoms with Crippen LogP contribution < -0.4 is 24.8 Å². The van der Waals surface area contributed by atoms with E-state index < -0.39 is 0 Å². The van der Waals surface area contributed by atoms with Gasteiger partial charge in [0.2, 0.25) is 12.7 Å². The number of nitrogens with one attached hydrogen (secondary N) is 2. The molecule has 2 aliphatic rings. The average molecular weight is 320 g/mol. The van der Waals surface area contributed by atoms with Gasteiger partial charge < -0.3 is 24.8 Å². The fourth-order valence-electron chi connectivity index (χ4n) is 3.11. The Morgan fingerprint density at radius 3 is 2.87 bits per heavy atom. The van der Waals surface area contributed by atoms with Crippen LogP contribution in [0.2, 0.25) is 0 Å². The Morgan fingerprint density at radius 2 is 2.17 bits per heavy atom. The summed E-state index contributed by atoms with van der Waals surface area (Å²) in [6.07, 6.45) is 3.84. The minimum Gasteiger partial charge on any atom is -0.496 e. The molecule has 0 aromatic heterocycles. The van der Waals surface area contributed by atoms with E-state index in [0.717, 1.165) is 42.9 Å². The summed E-state index contributed by atoms with van der Waals surface area (Å²) in [6, 6.07) is 3.72. The second-order valence-electron chi connectivity index (χ2n) is 6.13. The lowest BCUT2D eigenvalue weighted by Gasteiger charge is -2.25. The van der Waals surface area contributed by atoms with Crippen molar-refractivity contribution >= 4 is 5.91 Å². The van der Waals surface area contributed by atoms with E-state index in [-0.39, 0.29) is 24.8 Å². The molecule has 1 aromatic rings. The van der Waals surface area contributed by atoms with E-state index in [4.69, 9.17) is 14.2 Å². The number of rotatable bonds is 5. The van der Waals surface area contributed by atoms with Gasteiger partial charge in [0, 0.05) is 17.7 Å². The number of piperidine rings is 1. The van der Waals surface area contributed by atoms with Crippen LogP contribution in [0.25, 0.3) is 0 Å².